The molecule has 0 aliphatic carbocycles. The molecule has 0 saturated heterocycles. The zero-order chi connectivity index (χ0) is 15.7. The van der Waals surface area contributed by atoms with E-state index >= 15 is 0 Å². The van der Waals surface area contributed by atoms with E-state index in [2.05, 4.69) is 5.32 Å². The first-order chi connectivity index (χ1) is 8.96. The highest BCUT2D eigenvalue weighted by Gasteiger charge is 2.40. The van der Waals surface area contributed by atoms with E-state index in [9.17, 15) is 9.59 Å². The number of anilines is 1. The van der Waals surface area contributed by atoms with Gasteiger partial charge in [0.25, 0.3) is 0 Å². The maximum absolute atomic E-state index is 12.3. The van der Waals surface area contributed by atoms with Crippen LogP contribution < -0.4 is 11.1 Å². The van der Waals surface area contributed by atoms with E-state index in [0.717, 1.165) is 0 Å². The summed E-state index contributed by atoms with van der Waals surface area (Å²) in [5.74, 6) is -1.18. The first kappa shape index (κ1) is 16.2. The lowest BCUT2D eigenvalue weighted by Crippen LogP contribution is -2.53. The van der Waals surface area contributed by atoms with Crippen LogP contribution in [0.1, 0.15) is 43.6 Å². The van der Waals surface area contributed by atoms with Gasteiger partial charge in [0.15, 0.2) is 0 Å². The SMILES string of the molecule is Cc1cc(NC(=O)C(C)(C)C(C)(C)N)ccc1C(=O)O. The summed E-state index contributed by atoms with van der Waals surface area (Å²) in [5, 5.41) is 11.8. The van der Waals surface area contributed by atoms with E-state index in [1.165, 1.54) is 6.07 Å². The number of carboxylic acids is 1. The molecule has 0 spiro atoms. The van der Waals surface area contributed by atoms with E-state index < -0.39 is 16.9 Å². The fourth-order valence-electron chi connectivity index (χ4n) is 1.56. The van der Waals surface area contributed by atoms with Gasteiger partial charge in [-0.25, -0.2) is 4.79 Å². The molecule has 0 aromatic heterocycles. The molecule has 0 heterocycles. The molecule has 5 nitrogen and oxygen atoms in total. The number of nitrogens with one attached hydrogen (secondary N) is 1. The molecule has 0 fully saturated rings. The lowest BCUT2D eigenvalue weighted by atomic mass is 9.74. The second-order valence-corrected chi connectivity index (χ2v) is 6.14. The standard InChI is InChI=1S/C15H22N2O3/c1-9-8-10(6-7-11(9)12(18)19)17-13(20)14(2,3)15(4,5)16/h6-8H,16H2,1-5H3,(H,17,20)(H,18,19). The Balaban J connectivity index is 2.98. The van der Waals surface area contributed by atoms with E-state index in [4.69, 9.17) is 10.8 Å². The lowest BCUT2D eigenvalue weighted by molar-refractivity contribution is -0.126. The number of aryl methyl sites for hydroxylation is 1. The monoisotopic (exact) mass is 278 g/mol. The van der Waals surface area contributed by atoms with Crippen LogP contribution in [0.15, 0.2) is 18.2 Å². The molecule has 1 amide bonds. The molecule has 5 heteroatoms. The topological polar surface area (TPSA) is 92.4 Å². The molecule has 1 aromatic carbocycles. The van der Waals surface area contributed by atoms with Gasteiger partial charge in [-0.15, -0.1) is 0 Å². The van der Waals surface area contributed by atoms with E-state index in [0.29, 0.717) is 11.3 Å². The zero-order valence-corrected chi connectivity index (χ0v) is 12.6. The van der Waals surface area contributed by atoms with Crippen molar-refractivity contribution in [2.75, 3.05) is 5.32 Å². The number of carbonyl (C=O) groups is 2. The molecule has 0 unspecified atom stereocenters. The Morgan fingerprint density at radius 2 is 1.75 bits per heavy atom. The van der Waals surface area contributed by atoms with Crippen LogP contribution in [0, 0.1) is 12.3 Å². The number of aromatic carboxylic acids is 1. The molecule has 0 saturated carbocycles. The predicted octanol–water partition coefficient (Wildman–Crippen LogP) is 2.40. The van der Waals surface area contributed by atoms with Crippen LogP contribution in [0.5, 0.6) is 0 Å². The smallest absolute Gasteiger partial charge is 0.335 e. The van der Waals surface area contributed by atoms with Gasteiger partial charge in [-0.1, -0.05) is 0 Å². The molecule has 4 N–H and O–H groups in total. The molecule has 1 rings (SSSR count). The minimum Gasteiger partial charge on any atom is -0.478 e. The van der Waals surface area contributed by atoms with Crippen molar-refractivity contribution in [2.24, 2.45) is 11.1 Å². The highest BCUT2D eigenvalue weighted by atomic mass is 16.4. The zero-order valence-electron chi connectivity index (χ0n) is 12.6. The largest absolute Gasteiger partial charge is 0.478 e. The fraction of sp³-hybridized carbons (Fsp3) is 0.467. The van der Waals surface area contributed by atoms with Crippen molar-refractivity contribution in [1.29, 1.82) is 0 Å². The number of rotatable bonds is 4. The second-order valence-electron chi connectivity index (χ2n) is 6.14. The fourth-order valence-corrected chi connectivity index (χ4v) is 1.56. The Kier molecular flexibility index (Phi) is 4.24. The normalized spacial score (nSPS) is 12.1. The summed E-state index contributed by atoms with van der Waals surface area (Å²) < 4.78 is 0. The summed E-state index contributed by atoms with van der Waals surface area (Å²) in [6, 6.07) is 4.70. The van der Waals surface area contributed by atoms with Crippen LogP contribution in [0.3, 0.4) is 0 Å². The molecule has 0 atom stereocenters. The number of nitrogens with two attached hydrogens (primary N) is 1. The van der Waals surface area contributed by atoms with E-state index in [-0.39, 0.29) is 11.5 Å². The maximum Gasteiger partial charge on any atom is 0.335 e. The molecule has 0 aliphatic heterocycles. The van der Waals surface area contributed by atoms with Gasteiger partial charge in [0, 0.05) is 11.2 Å². The average Bonchev–Trinajstić information content (AvgIpc) is 2.26. The highest BCUT2D eigenvalue weighted by molar-refractivity contribution is 5.97. The Hall–Kier alpha value is -1.88. The second kappa shape index (κ2) is 5.25. The van der Waals surface area contributed by atoms with Crippen molar-refractivity contribution >= 4 is 17.6 Å². The summed E-state index contributed by atoms with van der Waals surface area (Å²) in [7, 11) is 0. The summed E-state index contributed by atoms with van der Waals surface area (Å²) in [6.07, 6.45) is 0. The Morgan fingerprint density at radius 3 is 2.15 bits per heavy atom. The lowest BCUT2D eigenvalue weighted by Gasteiger charge is -2.36. The van der Waals surface area contributed by atoms with Gasteiger partial charge in [-0.3, -0.25) is 4.79 Å². The van der Waals surface area contributed by atoms with Crippen LogP contribution in [0.2, 0.25) is 0 Å². The Bertz CT molecular complexity index is 543. The maximum atomic E-state index is 12.3. The molecule has 0 bridgehead atoms. The van der Waals surface area contributed by atoms with Gasteiger partial charge >= 0.3 is 5.97 Å². The predicted molar refractivity (Wildman–Crippen MR) is 78.8 cm³/mol. The third kappa shape index (κ3) is 3.17. The van der Waals surface area contributed by atoms with Gasteiger partial charge in [-0.05, 0) is 58.4 Å². The van der Waals surface area contributed by atoms with Gasteiger partial charge in [-0.2, -0.15) is 0 Å². The van der Waals surface area contributed by atoms with Crippen LogP contribution in [0.4, 0.5) is 5.69 Å². The van der Waals surface area contributed by atoms with Crippen molar-refractivity contribution in [3.05, 3.63) is 29.3 Å². The Morgan fingerprint density at radius 1 is 1.20 bits per heavy atom. The van der Waals surface area contributed by atoms with Crippen molar-refractivity contribution in [1.82, 2.24) is 0 Å². The third-order valence-corrected chi connectivity index (χ3v) is 3.89. The quantitative estimate of drug-likeness (QED) is 0.788. The third-order valence-electron chi connectivity index (χ3n) is 3.89. The van der Waals surface area contributed by atoms with Crippen molar-refractivity contribution in [2.45, 2.75) is 40.2 Å². The van der Waals surface area contributed by atoms with Crippen LogP contribution in [-0.4, -0.2) is 22.5 Å². The summed E-state index contributed by atoms with van der Waals surface area (Å²) >= 11 is 0. The van der Waals surface area contributed by atoms with Crippen molar-refractivity contribution < 1.29 is 14.7 Å². The first-order valence-corrected chi connectivity index (χ1v) is 6.41. The number of hydrogen-bond donors (Lipinski definition) is 3. The van der Waals surface area contributed by atoms with Crippen LogP contribution in [0.25, 0.3) is 0 Å². The molecule has 1 aromatic rings. The highest BCUT2D eigenvalue weighted by Crippen LogP contribution is 2.30. The van der Waals surface area contributed by atoms with Crippen molar-refractivity contribution in [3.63, 3.8) is 0 Å². The van der Waals surface area contributed by atoms with Gasteiger partial charge in [0.2, 0.25) is 5.91 Å². The van der Waals surface area contributed by atoms with E-state index in [1.54, 1.807) is 46.8 Å². The molecule has 110 valence electrons. The molecule has 0 aliphatic rings. The number of amides is 1. The Labute approximate surface area is 119 Å². The van der Waals surface area contributed by atoms with E-state index in [1.807, 2.05) is 0 Å². The molecular formula is C15H22N2O3. The number of carbonyl (C=O) groups excluding carboxylic acids is 1. The average molecular weight is 278 g/mol. The summed E-state index contributed by atoms with van der Waals surface area (Å²) in [5.41, 5.74) is 5.98. The van der Waals surface area contributed by atoms with Crippen molar-refractivity contribution in [3.8, 4) is 0 Å². The molecule has 20 heavy (non-hydrogen) atoms. The van der Waals surface area contributed by atoms with Gasteiger partial charge in [0.1, 0.15) is 0 Å². The minimum absolute atomic E-state index is 0.201. The number of hydrogen-bond acceptors (Lipinski definition) is 3. The molecule has 0 radical (unpaired) electrons. The number of carboxylic acid groups (broad SMARTS) is 1. The van der Waals surface area contributed by atoms with Gasteiger partial charge < -0.3 is 16.2 Å². The summed E-state index contributed by atoms with van der Waals surface area (Å²) in [6.45, 7) is 8.84. The first-order valence-electron chi connectivity index (χ1n) is 6.41. The minimum atomic E-state index is -0.983. The number of benzene rings is 1. The molecular weight excluding hydrogens is 256 g/mol. The summed E-state index contributed by atoms with van der Waals surface area (Å²) in [4.78, 5) is 23.2. The van der Waals surface area contributed by atoms with Crippen LogP contribution in [-0.2, 0) is 4.79 Å². The van der Waals surface area contributed by atoms with Crippen LogP contribution >= 0.6 is 0 Å². The van der Waals surface area contributed by atoms with Gasteiger partial charge in [0.05, 0.1) is 11.0 Å².